The summed E-state index contributed by atoms with van der Waals surface area (Å²) >= 11 is 1.53. The lowest BCUT2D eigenvalue weighted by molar-refractivity contribution is 0.0970. The Hall–Kier alpha value is -0.670. The lowest BCUT2D eigenvalue weighted by Crippen LogP contribution is -2.25. The standard InChI is InChI=1S/C11H17NOS/c1-3-12(4-2)8-7-10(13)11-6-5-9-14-11/h5-6,9H,3-4,7-8H2,1-2H3. The maximum Gasteiger partial charge on any atom is 0.174 e. The van der Waals surface area contributed by atoms with Crippen molar-refractivity contribution < 1.29 is 4.79 Å². The molecule has 0 fully saturated rings. The van der Waals surface area contributed by atoms with Gasteiger partial charge in [-0.2, -0.15) is 0 Å². The average Bonchev–Trinajstić information content (AvgIpc) is 2.72. The number of hydrogen-bond donors (Lipinski definition) is 0. The number of nitrogens with zero attached hydrogens (tertiary/aromatic N) is 1. The molecule has 0 spiro atoms. The van der Waals surface area contributed by atoms with Gasteiger partial charge in [-0.3, -0.25) is 4.79 Å². The van der Waals surface area contributed by atoms with E-state index in [2.05, 4.69) is 18.7 Å². The van der Waals surface area contributed by atoms with E-state index in [4.69, 9.17) is 0 Å². The van der Waals surface area contributed by atoms with Gasteiger partial charge in [-0.1, -0.05) is 19.9 Å². The predicted molar refractivity (Wildman–Crippen MR) is 61.1 cm³/mol. The van der Waals surface area contributed by atoms with Crippen LogP contribution in [0.5, 0.6) is 0 Å². The number of Topliss-reactive ketones (excluding diaryl/α,β-unsaturated/α-hetero) is 1. The van der Waals surface area contributed by atoms with E-state index in [0.717, 1.165) is 24.5 Å². The van der Waals surface area contributed by atoms with Gasteiger partial charge in [0.05, 0.1) is 4.88 Å². The topological polar surface area (TPSA) is 20.3 Å². The van der Waals surface area contributed by atoms with E-state index in [9.17, 15) is 4.79 Å². The largest absolute Gasteiger partial charge is 0.303 e. The highest BCUT2D eigenvalue weighted by atomic mass is 32.1. The molecule has 0 radical (unpaired) electrons. The Bertz CT molecular complexity index is 265. The number of carbonyl (C=O) groups is 1. The predicted octanol–water partition coefficient (Wildman–Crippen LogP) is 2.66. The Labute approximate surface area is 89.5 Å². The van der Waals surface area contributed by atoms with E-state index in [0.29, 0.717) is 6.42 Å². The molecular weight excluding hydrogens is 194 g/mol. The summed E-state index contributed by atoms with van der Waals surface area (Å²) in [6.45, 7) is 7.17. The minimum Gasteiger partial charge on any atom is -0.303 e. The first-order chi connectivity index (χ1) is 6.77. The number of thiophene rings is 1. The van der Waals surface area contributed by atoms with Gasteiger partial charge in [0.2, 0.25) is 0 Å². The second-order valence-electron chi connectivity index (χ2n) is 3.18. The molecule has 0 bridgehead atoms. The molecule has 1 aromatic rings. The highest BCUT2D eigenvalue weighted by molar-refractivity contribution is 7.12. The first-order valence-electron chi connectivity index (χ1n) is 5.07. The number of carbonyl (C=O) groups excluding carboxylic acids is 1. The second-order valence-corrected chi connectivity index (χ2v) is 4.13. The molecule has 0 saturated carbocycles. The van der Waals surface area contributed by atoms with Crippen molar-refractivity contribution in [2.75, 3.05) is 19.6 Å². The average molecular weight is 211 g/mol. The summed E-state index contributed by atoms with van der Waals surface area (Å²) in [7, 11) is 0. The smallest absolute Gasteiger partial charge is 0.174 e. The Balaban J connectivity index is 2.35. The normalized spacial score (nSPS) is 10.8. The quantitative estimate of drug-likeness (QED) is 0.674. The molecule has 2 nitrogen and oxygen atoms in total. The fourth-order valence-electron chi connectivity index (χ4n) is 1.36. The summed E-state index contributed by atoms with van der Waals surface area (Å²) in [5, 5.41) is 1.95. The Morgan fingerprint density at radius 2 is 2.14 bits per heavy atom. The number of hydrogen-bond acceptors (Lipinski definition) is 3. The van der Waals surface area contributed by atoms with E-state index in [1.807, 2.05) is 17.5 Å². The van der Waals surface area contributed by atoms with Crippen LogP contribution in [0, 0.1) is 0 Å². The summed E-state index contributed by atoms with van der Waals surface area (Å²) < 4.78 is 0. The van der Waals surface area contributed by atoms with Gasteiger partial charge in [0, 0.05) is 13.0 Å². The third-order valence-electron chi connectivity index (χ3n) is 2.35. The molecule has 0 amide bonds. The Kier molecular flexibility index (Phi) is 4.84. The number of rotatable bonds is 6. The van der Waals surface area contributed by atoms with Crippen molar-refractivity contribution in [3.05, 3.63) is 22.4 Å². The molecule has 78 valence electrons. The summed E-state index contributed by atoms with van der Waals surface area (Å²) in [6.07, 6.45) is 0.641. The van der Waals surface area contributed by atoms with E-state index >= 15 is 0 Å². The third kappa shape index (κ3) is 3.24. The maximum atomic E-state index is 11.6. The summed E-state index contributed by atoms with van der Waals surface area (Å²) in [4.78, 5) is 14.8. The molecule has 0 aliphatic carbocycles. The van der Waals surface area contributed by atoms with Gasteiger partial charge < -0.3 is 4.90 Å². The summed E-state index contributed by atoms with van der Waals surface area (Å²) in [5.41, 5.74) is 0. The van der Waals surface area contributed by atoms with Gasteiger partial charge in [0.15, 0.2) is 5.78 Å². The van der Waals surface area contributed by atoms with Crippen molar-refractivity contribution in [3.8, 4) is 0 Å². The summed E-state index contributed by atoms with van der Waals surface area (Å²) in [5.74, 6) is 0.270. The Morgan fingerprint density at radius 3 is 2.64 bits per heavy atom. The number of ketones is 1. The molecule has 0 unspecified atom stereocenters. The van der Waals surface area contributed by atoms with E-state index in [-0.39, 0.29) is 5.78 Å². The van der Waals surface area contributed by atoms with Gasteiger partial charge in [-0.25, -0.2) is 0 Å². The van der Waals surface area contributed by atoms with Crippen molar-refractivity contribution in [2.45, 2.75) is 20.3 Å². The van der Waals surface area contributed by atoms with Crippen LogP contribution in [0.15, 0.2) is 17.5 Å². The monoisotopic (exact) mass is 211 g/mol. The van der Waals surface area contributed by atoms with Crippen molar-refractivity contribution >= 4 is 17.1 Å². The zero-order valence-corrected chi connectivity index (χ0v) is 9.64. The molecule has 1 rings (SSSR count). The lowest BCUT2D eigenvalue weighted by atomic mass is 10.2. The molecule has 0 N–H and O–H groups in total. The molecular formula is C11H17NOS. The van der Waals surface area contributed by atoms with Crippen LogP contribution in [0.4, 0.5) is 0 Å². The van der Waals surface area contributed by atoms with Crippen molar-refractivity contribution in [3.63, 3.8) is 0 Å². The SMILES string of the molecule is CCN(CC)CCC(=O)c1cccs1. The zero-order valence-electron chi connectivity index (χ0n) is 8.82. The lowest BCUT2D eigenvalue weighted by Gasteiger charge is -2.16. The van der Waals surface area contributed by atoms with Gasteiger partial charge in [0.25, 0.3) is 0 Å². The van der Waals surface area contributed by atoms with Crippen LogP contribution in [0.1, 0.15) is 29.9 Å². The molecule has 14 heavy (non-hydrogen) atoms. The van der Waals surface area contributed by atoms with Crippen molar-refractivity contribution in [1.82, 2.24) is 4.90 Å². The highest BCUT2D eigenvalue weighted by Crippen LogP contribution is 2.11. The molecule has 0 aromatic carbocycles. The first kappa shape index (κ1) is 11.4. The van der Waals surface area contributed by atoms with Crippen LogP contribution < -0.4 is 0 Å². The van der Waals surface area contributed by atoms with Crippen LogP contribution in [-0.2, 0) is 0 Å². The third-order valence-corrected chi connectivity index (χ3v) is 3.26. The highest BCUT2D eigenvalue weighted by Gasteiger charge is 2.08. The van der Waals surface area contributed by atoms with Gasteiger partial charge in [0.1, 0.15) is 0 Å². The van der Waals surface area contributed by atoms with Gasteiger partial charge in [-0.05, 0) is 24.5 Å². The van der Waals surface area contributed by atoms with Crippen LogP contribution in [0.25, 0.3) is 0 Å². The molecule has 0 aliphatic rings. The minimum absolute atomic E-state index is 0.270. The van der Waals surface area contributed by atoms with Crippen molar-refractivity contribution in [2.24, 2.45) is 0 Å². The molecule has 3 heteroatoms. The van der Waals surface area contributed by atoms with Gasteiger partial charge in [-0.15, -0.1) is 11.3 Å². The Morgan fingerprint density at radius 1 is 1.43 bits per heavy atom. The minimum atomic E-state index is 0.270. The van der Waals surface area contributed by atoms with Crippen molar-refractivity contribution in [1.29, 1.82) is 0 Å². The molecule has 0 saturated heterocycles. The fraction of sp³-hybridized carbons (Fsp3) is 0.545. The van der Waals surface area contributed by atoms with Crippen LogP contribution in [0.3, 0.4) is 0 Å². The summed E-state index contributed by atoms with van der Waals surface area (Å²) in [6, 6.07) is 3.82. The fourth-order valence-corrected chi connectivity index (χ4v) is 2.05. The van der Waals surface area contributed by atoms with E-state index in [1.54, 1.807) is 0 Å². The molecule has 1 aromatic heterocycles. The van der Waals surface area contributed by atoms with Crippen LogP contribution in [0.2, 0.25) is 0 Å². The van der Waals surface area contributed by atoms with Crippen LogP contribution in [-0.4, -0.2) is 30.3 Å². The maximum absolute atomic E-state index is 11.6. The van der Waals surface area contributed by atoms with Crippen LogP contribution >= 0.6 is 11.3 Å². The van der Waals surface area contributed by atoms with E-state index < -0.39 is 0 Å². The molecule has 0 atom stereocenters. The molecule has 0 aliphatic heterocycles. The van der Waals surface area contributed by atoms with Gasteiger partial charge >= 0.3 is 0 Å². The first-order valence-corrected chi connectivity index (χ1v) is 5.95. The zero-order chi connectivity index (χ0) is 10.4. The molecule has 1 heterocycles. The van der Waals surface area contributed by atoms with E-state index in [1.165, 1.54) is 11.3 Å². The second kappa shape index (κ2) is 5.94.